The van der Waals surface area contributed by atoms with E-state index in [1.165, 1.54) is 11.1 Å². The Balaban J connectivity index is 1.77. The van der Waals surface area contributed by atoms with Crippen LogP contribution < -0.4 is 9.47 Å². The van der Waals surface area contributed by atoms with E-state index in [-0.39, 0.29) is 0 Å². The van der Waals surface area contributed by atoms with Gasteiger partial charge in [-0.15, -0.1) is 0 Å². The average Bonchev–Trinajstić information content (AvgIpc) is 3.35. The number of benzene rings is 2. The summed E-state index contributed by atoms with van der Waals surface area (Å²) in [5.41, 5.74) is 8.61. The third-order valence-electron chi connectivity index (χ3n) is 6.89. The topological polar surface area (TPSA) is 55.4 Å². The van der Waals surface area contributed by atoms with Crippen molar-refractivity contribution in [2.24, 2.45) is 0 Å². The molecule has 0 saturated heterocycles. The second-order valence-corrected chi connectivity index (χ2v) is 9.47. The molecule has 0 bridgehead atoms. The molecule has 0 N–H and O–H groups in total. The molecule has 2 aromatic carbocycles. The molecule has 0 amide bonds. The van der Waals surface area contributed by atoms with Gasteiger partial charge in [0.25, 0.3) is 0 Å². The van der Waals surface area contributed by atoms with Gasteiger partial charge in [-0.1, -0.05) is 50.2 Å². The molecule has 2 aliphatic carbocycles. The zero-order chi connectivity index (χ0) is 26.1. The minimum Gasteiger partial charge on any atom is -0.497 e. The number of nitrogens with zero attached hydrogens (tertiary/aromatic N) is 1. The van der Waals surface area contributed by atoms with Crippen LogP contribution in [0, 0.1) is 18.3 Å². The Morgan fingerprint density at radius 3 is 1.92 bits per heavy atom. The summed E-state index contributed by atoms with van der Waals surface area (Å²) >= 11 is 0. The van der Waals surface area contributed by atoms with Crippen LogP contribution >= 0.6 is 0 Å². The highest BCUT2D eigenvalue weighted by molar-refractivity contribution is 5.95. The molecule has 0 atom stereocenters. The van der Waals surface area contributed by atoms with Gasteiger partial charge < -0.3 is 13.9 Å². The van der Waals surface area contributed by atoms with Crippen LogP contribution in [0.4, 0.5) is 0 Å². The van der Waals surface area contributed by atoms with Crippen LogP contribution in [0.5, 0.6) is 11.5 Å². The van der Waals surface area contributed by atoms with Crippen molar-refractivity contribution in [2.75, 3.05) is 14.2 Å². The fourth-order valence-corrected chi connectivity index (χ4v) is 4.82. The maximum atomic E-state index is 10.5. The van der Waals surface area contributed by atoms with Gasteiger partial charge in [0.15, 0.2) is 5.76 Å². The molecule has 1 aromatic heterocycles. The molecule has 0 fully saturated rings. The summed E-state index contributed by atoms with van der Waals surface area (Å²) in [6.45, 7) is 6.51. The van der Waals surface area contributed by atoms with Gasteiger partial charge in [0.05, 0.1) is 14.2 Å². The Labute approximate surface area is 218 Å². The Bertz CT molecular complexity index is 1570. The molecular formula is C33H29NO3. The number of hydrogen-bond donors (Lipinski definition) is 0. The fraction of sp³-hybridized carbons (Fsp3) is 0.182. The highest BCUT2D eigenvalue weighted by Gasteiger charge is 2.27. The standard InChI is InChI=1S/C33H29NO3/c1-20(2)24-7-6-8-27-28(18-24)21(3)17-29(27)33-30(19-34)31(22-9-13-25(35-4)14-10-22)32(37-33)23-11-15-26(36-5)16-12-23/h6-18,20H,1-5H3. The van der Waals surface area contributed by atoms with Gasteiger partial charge in [-0.3, -0.25) is 0 Å². The van der Waals surface area contributed by atoms with E-state index in [1.807, 2.05) is 48.5 Å². The summed E-state index contributed by atoms with van der Waals surface area (Å²) in [4.78, 5) is 0. The predicted molar refractivity (Wildman–Crippen MR) is 148 cm³/mol. The quantitative estimate of drug-likeness (QED) is 0.240. The third kappa shape index (κ3) is 4.34. The largest absolute Gasteiger partial charge is 0.497 e. The van der Waals surface area contributed by atoms with Gasteiger partial charge >= 0.3 is 0 Å². The van der Waals surface area contributed by atoms with Crippen molar-refractivity contribution >= 4 is 0 Å². The minimum atomic E-state index is 0.412. The molecule has 4 heteroatoms. The van der Waals surface area contributed by atoms with Crippen LogP contribution in [-0.4, -0.2) is 14.2 Å². The SMILES string of the molecule is COc1ccc(-c2oc(-c3cc(C)c4cc(C(C)C)cccc3-4)c(C#N)c2-c2ccc(OC)cc2)cc1. The zero-order valence-corrected chi connectivity index (χ0v) is 21.8. The number of ether oxygens (including phenoxy) is 2. The molecule has 0 unspecified atom stereocenters. The number of methoxy groups -OCH3 is 2. The first-order valence-corrected chi connectivity index (χ1v) is 12.3. The monoisotopic (exact) mass is 487 g/mol. The summed E-state index contributed by atoms with van der Waals surface area (Å²) in [6.07, 6.45) is 0. The Kier molecular flexibility index (Phi) is 6.46. The number of nitriles is 1. The van der Waals surface area contributed by atoms with E-state index < -0.39 is 0 Å². The van der Waals surface area contributed by atoms with E-state index in [0.29, 0.717) is 23.0 Å². The first-order valence-electron chi connectivity index (χ1n) is 12.3. The maximum absolute atomic E-state index is 10.5. The Morgan fingerprint density at radius 2 is 1.35 bits per heavy atom. The fourth-order valence-electron chi connectivity index (χ4n) is 4.82. The first kappa shape index (κ1) is 24.2. The molecule has 4 nitrogen and oxygen atoms in total. The van der Waals surface area contributed by atoms with Gasteiger partial charge in [0, 0.05) is 16.7 Å². The summed E-state index contributed by atoms with van der Waals surface area (Å²) in [5, 5.41) is 10.5. The summed E-state index contributed by atoms with van der Waals surface area (Å²) < 4.78 is 17.3. The van der Waals surface area contributed by atoms with Crippen LogP contribution in [0.1, 0.15) is 36.5 Å². The van der Waals surface area contributed by atoms with Gasteiger partial charge in [0.1, 0.15) is 28.9 Å². The number of hydrogen-bond acceptors (Lipinski definition) is 4. The average molecular weight is 488 g/mol. The highest BCUT2D eigenvalue weighted by atomic mass is 16.5. The molecule has 5 rings (SSSR count). The molecule has 0 aliphatic heterocycles. The lowest BCUT2D eigenvalue weighted by Gasteiger charge is -2.06. The smallest absolute Gasteiger partial charge is 0.153 e. The molecule has 3 aromatic rings. The van der Waals surface area contributed by atoms with Crippen molar-refractivity contribution in [2.45, 2.75) is 26.7 Å². The van der Waals surface area contributed by atoms with Crippen molar-refractivity contribution in [1.29, 1.82) is 5.26 Å². The first-order chi connectivity index (χ1) is 17.9. The normalized spacial score (nSPS) is 11.1. The van der Waals surface area contributed by atoms with E-state index in [4.69, 9.17) is 13.9 Å². The second-order valence-electron chi connectivity index (χ2n) is 9.47. The number of aryl methyl sites for hydroxylation is 1. The van der Waals surface area contributed by atoms with Crippen molar-refractivity contribution < 1.29 is 13.9 Å². The highest BCUT2D eigenvalue weighted by Crippen LogP contribution is 2.47. The lowest BCUT2D eigenvalue weighted by Crippen LogP contribution is -1.87. The van der Waals surface area contributed by atoms with Gasteiger partial charge in [-0.2, -0.15) is 5.26 Å². The summed E-state index contributed by atoms with van der Waals surface area (Å²) in [7, 11) is 3.28. The van der Waals surface area contributed by atoms with Crippen molar-refractivity contribution in [3.05, 3.63) is 95.6 Å². The van der Waals surface area contributed by atoms with Gasteiger partial charge in [-0.05, 0) is 83.1 Å². The zero-order valence-electron chi connectivity index (χ0n) is 21.8. The van der Waals surface area contributed by atoms with E-state index in [0.717, 1.165) is 44.9 Å². The molecule has 0 saturated carbocycles. The molecule has 2 aliphatic rings. The molecule has 0 spiro atoms. The van der Waals surface area contributed by atoms with E-state index >= 15 is 0 Å². The lowest BCUT2D eigenvalue weighted by molar-refractivity contribution is 0.414. The summed E-state index contributed by atoms with van der Waals surface area (Å²) in [5.74, 6) is 3.15. The van der Waals surface area contributed by atoms with Crippen LogP contribution in [-0.2, 0) is 0 Å². The molecule has 0 radical (unpaired) electrons. The Morgan fingerprint density at radius 1 is 0.730 bits per heavy atom. The van der Waals surface area contributed by atoms with E-state index in [2.05, 4.69) is 57.2 Å². The number of furan rings is 1. The minimum absolute atomic E-state index is 0.412. The van der Waals surface area contributed by atoms with Gasteiger partial charge in [0.2, 0.25) is 0 Å². The van der Waals surface area contributed by atoms with Crippen molar-refractivity contribution in [3.8, 4) is 62.5 Å². The van der Waals surface area contributed by atoms with Crippen LogP contribution in [0.15, 0.2) is 83.3 Å². The van der Waals surface area contributed by atoms with E-state index in [1.54, 1.807) is 14.2 Å². The summed E-state index contributed by atoms with van der Waals surface area (Å²) in [6, 6.07) is 28.6. The Hall–Kier alpha value is -4.49. The molecule has 37 heavy (non-hydrogen) atoms. The van der Waals surface area contributed by atoms with Crippen LogP contribution in [0.25, 0.3) is 44.9 Å². The van der Waals surface area contributed by atoms with E-state index in [9.17, 15) is 5.26 Å². The lowest BCUT2D eigenvalue weighted by atomic mass is 9.95. The second kappa shape index (κ2) is 9.87. The van der Waals surface area contributed by atoms with Gasteiger partial charge in [-0.25, -0.2) is 0 Å². The molecular weight excluding hydrogens is 458 g/mol. The maximum Gasteiger partial charge on any atom is 0.153 e. The van der Waals surface area contributed by atoms with Crippen LogP contribution in [0.3, 0.4) is 0 Å². The number of rotatable bonds is 6. The predicted octanol–water partition coefficient (Wildman–Crippen LogP) is 8.71. The number of fused-ring (bicyclic) bond motifs is 1. The van der Waals surface area contributed by atoms with Crippen molar-refractivity contribution in [3.63, 3.8) is 0 Å². The molecule has 1 heterocycles. The third-order valence-corrected chi connectivity index (χ3v) is 6.89. The van der Waals surface area contributed by atoms with Crippen molar-refractivity contribution in [1.82, 2.24) is 0 Å². The van der Waals surface area contributed by atoms with Crippen LogP contribution in [0.2, 0.25) is 0 Å². The molecule has 184 valence electrons.